The monoisotopic (exact) mass is 361 g/mol. The normalized spacial score (nSPS) is 11.4. The van der Waals surface area contributed by atoms with Gasteiger partial charge in [0.1, 0.15) is 5.49 Å². The highest BCUT2D eigenvalue weighted by Gasteiger charge is 2.14. The van der Waals surface area contributed by atoms with Gasteiger partial charge in [-0.3, -0.25) is 14.9 Å². The van der Waals surface area contributed by atoms with Gasteiger partial charge in [0.25, 0.3) is 11.6 Å². The van der Waals surface area contributed by atoms with Crippen molar-refractivity contribution in [3.8, 4) is 0 Å². The van der Waals surface area contributed by atoms with Crippen LogP contribution in [0, 0.1) is 24.0 Å². The van der Waals surface area contributed by atoms with Crippen molar-refractivity contribution in [1.82, 2.24) is 4.57 Å². The fourth-order valence-electron chi connectivity index (χ4n) is 2.70. The van der Waals surface area contributed by atoms with Crippen molar-refractivity contribution in [3.63, 3.8) is 0 Å². The molecule has 1 heterocycles. The molecule has 0 aliphatic heterocycles. The molecule has 0 bridgehead atoms. The number of nitrogens with zero attached hydrogens (tertiary/aromatic N) is 3. The van der Waals surface area contributed by atoms with E-state index in [1.54, 1.807) is 31.2 Å². The van der Waals surface area contributed by atoms with Gasteiger partial charge in [0.15, 0.2) is 0 Å². The van der Waals surface area contributed by atoms with Crippen molar-refractivity contribution in [1.29, 1.82) is 0 Å². The zero-order chi connectivity index (χ0) is 19.4. The van der Waals surface area contributed by atoms with E-state index in [1.807, 2.05) is 48.0 Å². The summed E-state index contributed by atoms with van der Waals surface area (Å²) in [4.78, 5) is 27.3. The number of pyridine rings is 1. The first-order valence-electron chi connectivity index (χ1n) is 8.49. The smallest absolute Gasteiger partial charge is 0.279 e. The van der Waals surface area contributed by atoms with Gasteiger partial charge in [-0.2, -0.15) is 4.99 Å². The quantitative estimate of drug-likeness (QED) is 0.524. The maximum absolute atomic E-state index is 12.5. The minimum atomic E-state index is -0.512. The minimum absolute atomic E-state index is 0.0864. The highest BCUT2D eigenvalue weighted by Crippen LogP contribution is 2.19. The van der Waals surface area contributed by atoms with Crippen LogP contribution in [0.25, 0.3) is 0 Å². The molecular weight excluding hydrogens is 342 g/mol. The number of aryl methyl sites for hydroxylation is 2. The van der Waals surface area contributed by atoms with Crippen molar-refractivity contribution in [2.45, 2.75) is 20.4 Å². The molecule has 2 aromatic carbocycles. The van der Waals surface area contributed by atoms with Gasteiger partial charge < -0.3 is 4.57 Å². The van der Waals surface area contributed by atoms with Gasteiger partial charge in [0.05, 0.1) is 4.92 Å². The number of aromatic nitrogens is 1. The van der Waals surface area contributed by atoms with E-state index in [9.17, 15) is 14.9 Å². The number of amides is 1. The van der Waals surface area contributed by atoms with Crippen molar-refractivity contribution in [2.75, 3.05) is 0 Å². The number of rotatable bonds is 4. The molecule has 0 fully saturated rings. The van der Waals surface area contributed by atoms with E-state index < -0.39 is 10.8 Å². The molecule has 0 aliphatic rings. The molecular formula is C21H19N3O3. The number of hydrogen-bond donors (Lipinski definition) is 0. The molecule has 0 spiro atoms. The van der Waals surface area contributed by atoms with E-state index in [1.165, 1.54) is 11.6 Å². The van der Waals surface area contributed by atoms with Crippen LogP contribution in [0.15, 0.2) is 71.9 Å². The van der Waals surface area contributed by atoms with E-state index >= 15 is 0 Å². The Morgan fingerprint density at radius 1 is 1.07 bits per heavy atom. The van der Waals surface area contributed by atoms with Crippen LogP contribution >= 0.6 is 0 Å². The van der Waals surface area contributed by atoms with Gasteiger partial charge in [-0.1, -0.05) is 42.0 Å². The van der Waals surface area contributed by atoms with E-state index in [-0.39, 0.29) is 11.3 Å². The fraction of sp³-hybridized carbons (Fsp3) is 0.143. The van der Waals surface area contributed by atoms with Crippen LogP contribution in [0.5, 0.6) is 0 Å². The first-order chi connectivity index (χ1) is 12.9. The van der Waals surface area contributed by atoms with Crippen LogP contribution in [0.3, 0.4) is 0 Å². The largest absolute Gasteiger partial charge is 0.328 e. The summed E-state index contributed by atoms with van der Waals surface area (Å²) in [5.74, 6) is -0.512. The summed E-state index contributed by atoms with van der Waals surface area (Å²) in [6.45, 7) is 4.23. The lowest BCUT2D eigenvalue weighted by atomic mass is 10.1. The predicted molar refractivity (Wildman–Crippen MR) is 102 cm³/mol. The van der Waals surface area contributed by atoms with Crippen LogP contribution in [-0.2, 0) is 6.54 Å². The van der Waals surface area contributed by atoms with Crippen LogP contribution in [0.4, 0.5) is 5.69 Å². The minimum Gasteiger partial charge on any atom is -0.328 e. The number of carbonyl (C=O) groups excluding carboxylic acids is 1. The molecule has 0 saturated heterocycles. The summed E-state index contributed by atoms with van der Waals surface area (Å²) in [5, 5.41) is 11.1. The Bertz CT molecular complexity index is 1070. The average Bonchev–Trinajstić information content (AvgIpc) is 2.65. The van der Waals surface area contributed by atoms with Crippen molar-refractivity contribution in [2.24, 2.45) is 4.99 Å². The Hall–Kier alpha value is -3.54. The Morgan fingerprint density at radius 2 is 1.81 bits per heavy atom. The molecule has 0 radical (unpaired) electrons. The Balaban J connectivity index is 1.95. The Kier molecular flexibility index (Phi) is 5.26. The van der Waals surface area contributed by atoms with Gasteiger partial charge in [-0.25, -0.2) is 0 Å². The third-order valence-electron chi connectivity index (χ3n) is 4.26. The molecule has 0 unspecified atom stereocenters. The summed E-state index contributed by atoms with van der Waals surface area (Å²) in [6.07, 6.45) is 1.85. The number of carbonyl (C=O) groups is 1. The van der Waals surface area contributed by atoms with Gasteiger partial charge in [0, 0.05) is 29.9 Å². The van der Waals surface area contributed by atoms with E-state index in [0.29, 0.717) is 17.6 Å². The summed E-state index contributed by atoms with van der Waals surface area (Å²) in [5.41, 5.74) is 3.37. The highest BCUT2D eigenvalue weighted by molar-refractivity contribution is 5.95. The van der Waals surface area contributed by atoms with Crippen molar-refractivity contribution < 1.29 is 9.72 Å². The third-order valence-corrected chi connectivity index (χ3v) is 4.26. The lowest BCUT2D eigenvalue weighted by Crippen LogP contribution is -2.22. The number of benzene rings is 2. The van der Waals surface area contributed by atoms with Crippen LogP contribution in [0.1, 0.15) is 27.0 Å². The first kappa shape index (κ1) is 18.3. The topological polar surface area (TPSA) is 77.5 Å². The molecule has 1 aromatic heterocycles. The molecule has 3 aromatic rings. The van der Waals surface area contributed by atoms with Gasteiger partial charge in [-0.05, 0) is 37.6 Å². The van der Waals surface area contributed by atoms with E-state index in [2.05, 4.69) is 4.99 Å². The summed E-state index contributed by atoms with van der Waals surface area (Å²) < 4.78 is 1.87. The molecule has 6 nitrogen and oxygen atoms in total. The summed E-state index contributed by atoms with van der Waals surface area (Å²) in [6, 6.07) is 17.9. The second-order valence-corrected chi connectivity index (χ2v) is 6.35. The first-order valence-corrected chi connectivity index (χ1v) is 8.49. The lowest BCUT2D eigenvalue weighted by molar-refractivity contribution is -0.385. The second-order valence-electron chi connectivity index (χ2n) is 6.35. The lowest BCUT2D eigenvalue weighted by Gasteiger charge is -2.08. The summed E-state index contributed by atoms with van der Waals surface area (Å²) in [7, 11) is 0. The van der Waals surface area contributed by atoms with Crippen molar-refractivity contribution in [3.05, 3.63) is 105 Å². The molecule has 0 atom stereocenters. The number of hydrogen-bond acceptors (Lipinski definition) is 3. The Labute approximate surface area is 156 Å². The molecule has 3 rings (SSSR count). The fourth-order valence-corrected chi connectivity index (χ4v) is 2.70. The molecule has 0 N–H and O–H groups in total. The van der Waals surface area contributed by atoms with Crippen LogP contribution in [0.2, 0.25) is 0 Å². The SMILES string of the molecule is Cc1ccc(Cn2ccccc2=NC(=O)c2ccc(C)c([N+](=O)[O-])c2)cc1. The van der Waals surface area contributed by atoms with Crippen molar-refractivity contribution >= 4 is 11.6 Å². The Morgan fingerprint density at radius 3 is 2.52 bits per heavy atom. The van der Waals surface area contributed by atoms with Crippen LogP contribution < -0.4 is 5.49 Å². The standard InChI is InChI=1S/C21H19N3O3/c1-15-6-9-17(10-7-15)14-23-12-4-3-5-20(23)22-21(25)18-11-8-16(2)19(13-18)24(26)27/h3-13H,14H2,1-2H3. The third kappa shape index (κ3) is 4.36. The van der Waals surface area contributed by atoms with E-state index in [4.69, 9.17) is 0 Å². The molecule has 136 valence electrons. The maximum atomic E-state index is 12.5. The van der Waals surface area contributed by atoms with Gasteiger partial charge in [-0.15, -0.1) is 0 Å². The zero-order valence-electron chi connectivity index (χ0n) is 15.1. The molecule has 0 aliphatic carbocycles. The molecule has 27 heavy (non-hydrogen) atoms. The maximum Gasteiger partial charge on any atom is 0.279 e. The van der Waals surface area contributed by atoms with Gasteiger partial charge >= 0.3 is 0 Å². The number of nitro groups is 1. The second kappa shape index (κ2) is 7.78. The van der Waals surface area contributed by atoms with Gasteiger partial charge in [0.2, 0.25) is 0 Å². The molecule has 6 heteroatoms. The molecule has 0 saturated carbocycles. The van der Waals surface area contributed by atoms with Crippen LogP contribution in [-0.4, -0.2) is 15.4 Å². The highest BCUT2D eigenvalue weighted by atomic mass is 16.6. The molecule has 1 amide bonds. The van der Waals surface area contributed by atoms with E-state index in [0.717, 1.165) is 5.56 Å². The zero-order valence-corrected chi connectivity index (χ0v) is 15.1. The predicted octanol–water partition coefficient (Wildman–Crippen LogP) is 3.80. The summed E-state index contributed by atoms with van der Waals surface area (Å²) >= 11 is 0. The number of nitro benzene ring substituents is 1. The average molecular weight is 361 g/mol.